The van der Waals surface area contributed by atoms with Crippen LogP contribution in [0.15, 0.2) is 48.5 Å². The number of ether oxygens (including phenoxy) is 2. The lowest BCUT2D eigenvalue weighted by atomic mass is 10.1. The second-order valence-corrected chi connectivity index (χ2v) is 7.30. The van der Waals surface area contributed by atoms with Crippen molar-refractivity contribution in [3.05, 3.63) is 54.1 Å². The van der Waals surface area contributed by atoms with E-state index in [4.69, 9.17) is 4.74 Å². The number of halogens is 2. The Kier molecular flexibility index (Phi) is 7.99. The van der Waals surface area contributed by atoms with E-state index in [1.165, 1.54) is 18.2 Å². The molecule has 3 rings (SSSR count). The van der Waals surface area contributed by atoms with Gasteiger partial charge in [-0.3, -0.25) is 14.5 Å². The number of piperazine rings is 1. The molecule has 2 aromatic carbocycles. The number of amides is 2. The van der Waals surface area contributed by atoms with Gasteiger partial charge in [-0.2, -0.15) is 8.78 Å². The highest BCUT2D eigenvalue weighted by atomic mass is 19.3. The number of carbonyl (C=O) groups is 2. The summed E-state index contributed by atoms with van der Waals surface area (Å²) in [5.41, 5.74) is 0.704. The molecular weight excluding hydrogens is 420 g/mol. The number of nitrogens with zero attached hydrogens (tertiary/aromatic N) is 2. The van der Waals surface area contributed by atoms with Crippen molar-refractivity contribution in [1.29, 1.82) is 0 Å². The number of hydrogen-bond acceptors (Lipinski definition) is 5. The fourth-order valence-corrected chi connectivity index (χ4v) is 3.58. The third-order valence-corrected chi connectivity index (χ3v) is 5.31. The van der Waals surface area contributed by atoms with Gasteiger partial charge in [0.15, 0.2) is 0 Å². The number of nitrogens with one attached hydrogen (secondary N) is 1. The van der Waals surface area contributed by atoms with Crippen molar-refractivity contribution in [1.82, 2.24) is 9.80 Å². The molecule has 7 nitrogen and oxygen atoms in total. The predicted molar refractivity (Wildman–Crippen MR) is 116 cm³/mol. The summed E-state index contributed by atoms with van der Waals surface area (Å²) in [6.07, 6.45) is 0. The minimum Gasteiger partial charge on any atom is -0.492 e. The van der Waals surface area contributed by atoms with Gasteiger partial charge in [0.25, 0.3) is 5.91 Å². The van der Waals surface area contributed by atoms with Crippen molar-refractivity contribution in [2.75, 3.05) is 38.1 Å². The van der Waals surface area contributed by atoms with Crippen molar-refractivity contribution >= 4 is 17.5 Å². The van der Waals surface area contributed by atoms with Crippen LogP contribution in [-0.4, -0.2) is 67.1 Å². The minimum absolute atomic E-state index is 0.0968. The lowest BCUT2D eigenvalue weighted by Crippen LogP contribution is -2.54. The van der Waals surface area contributed by atoms with Gasteiger partial charge in [0.2, 0.25) is 5.91 Å². The van der Waals surface area contributed by atoms with Gasteiger partial charge in [-0.25, -0.2) is 0 Å². The summed E-state index contributed by atoms with van der Waals surface area (Å²) in [5.74, 6) is -0.0810. The van der Waals surface area contributed by atoms with Crippen molar-refractivity contribution in [2.45, 2.75) is 26.5 Å². The minimum atomic E-state index is -3.01. The number of rotatable bonds is 8. The van der Waals surface area contributed by atoms with Gasteiger partial charge >= 0.3 is 6.61 Å². The number of para-hydroxylation sites is 3. The van der Waals surface area contributed by atoms with Crippen LogP contribution in [0.2, 0.25) is 0 Å². The summed E-state index contributed by atoms with van der Waals surface area (Å²) >= 11 is 0. The van der Waals surface area contributed by atoms with Gasteiger partial charge in [-0.05, 0) is 38.1 Å². The molecule has 1 fully saturated rings. The Labute approximate surface area is 185 Å². The molecule has 1 heterocycles. The molecule has 1 saturated heterocycles. The fraction of sp³-hybridized carbons (Fsp3) is 0.391. The predicted octanol–water partition coefficient (Wildman–Crippen LogP) is 3.47. The maximum atomic E-state index is 12.8. The zero-order valence-electron chi connectivity index (χ0n) is 18.1. The molecule has 1 unspecified atom stereocenters. The largest absolute Gasteiger partial charge is 0.492 e. The van der Waals surface area contributed by atoms with Crippen LogP contribution in [0.25, 0.3) is 0 Å². The number of hydrogen-bond donors (Lipinski definition) is 1. The van der Waals surface area contributed by atoms with Crippen LogP contribution in [0, 0.1) is 0 Å². The normalized spacial score (nSPS) is 15.3. The van der Waals surface area contributed by atoms with Crippen LogP contribution in [0.5, 0.6) is 11.5 Å². The van der Waals surface area contributed by atoms with Crippen LogP contribution >= 0.6 is 0 Å². The molecule has 0 saturated carbocycles. The number of benzene rings is 2. The zero-order chi connectivity index (χ0) is 23.1. The van der Waals surface area contributed by atoms with Gasteiger partial charge in [-0.1, -0.05) is 24.3 Å². The van der Waals surface area contributed by atoms with Crippen LogP contribution in [-0.2, 0) is 4.79 Å². The average Bonchev–Trinajstić information content (AvgIpc) is 2.79. The summed E-state index contributed by atoms with van der Waals surface area (Å²) in [4.78, 5) is 29.2. The third-order valence-electron chi connectivity index (χ3n) is 5.31. The van der Waals surface area contributed by atoms with Gasteiger partial charge < -0.3 is 19.7 Å². The number of carbonyl (C=O) groups excluding carboxylic acids is 2. The summed E-state index contributed by atoms with van der Waals surface area (Å²) in [6.45, 7) is 2.86. The molecule has 0 spiro atoms. The van der Waals surface area contributed by atoms with Crippen LogP contribution < -0.4 is 14.8 Å². The first-order valence-corrected chi connectivity index (χ1v) is 10.5. The molecule has 0 aliphatic carbocycles. The SMILES string of the molecule is CCOc1ccccc1NC(=O)C(C)N1CCN(C(=O)c2ccccc2OC(F)F)CC1. The molecular formula is C23H27F2N3O4. The summed E-state index contributed by atoms with van der Waals surface area (Å²) in [6, 6.07) is 12.8. The van der Waals surface area contributed by atoms with E-state index in [0.717, 1.165) is 0 Å². The van der Waals surface area contributed by atoms with Crippen molar-refractivity contribution in [2.24, 2.45) is 0 Å². The molecule has 2 amide bonds. The Morgan fingerprint density at radius 2 is 1.62 bits per heavy atom. The van der Waals surface area contributed by atoms with Gasteiger partial charge in [0.05, 0.1) is 23.9 Å². The molecule has 172 valence electrons. The highest BCUT2D eigenvalue weighted by Gasteiger charge is 2.29. The van der Waals surface area contributed by atoms with Crippen LogP contribution in [0.4, 0.5) is 14.5 Å². The summed E-state index contributed by atoms with van der Waals surface area (Å²) < 4.78 is 35.3. The van der Waals surface area contributed by atoms with Crippen molar-refractivity contribution in [3.63, 3.8) is 0 Å². The zero-order valence-corrected chi connectivity index (χ0v) is 18.1. The molecule has 9 heteroatoms. The highest BCUT2D eigenvalue weighted by molar-refractivity contribution is 5.97. The van der Waals surface area contributed by atoms with E-state index >= 15 is 0 Å². The van der Waals surface area contributed by atoms with Crippen molar-refractivity contribution in [3.8, 4) is 11.5 Å². The smallest absolute Gasteiger partial charge is 0.387 e. The van der Waals surface area contributed by atoms with E-state index in [9.17, 15) is 18.4 Å². The Balaban J connectivity index is 1.59. The molecule has 0 bridgehead atoms. The van der Waals surface area contributed by atoms with Gasteiger partial charge in [0.1, 0.15) is 11.5 Å². The summed E-state index contributed by atoms with van der Waals surface area (Å²) in [5, 5.41) is 2.90. The first kappa shape index (κ1) is 23.5. The van der Waals surface area contributed by atoms with E-state index in [2.05, 4.69) is 10.1 Å². The summed E-state index contributed by atoms with van der Waals surface area (Å²) in [7, 11) is 0. The molecule has 1 aliphatic heterocycles. The Hall–Kier alpha value is -3.20. The Bertz CT molecular complexity index is 933. The highest BCUT2D eigenvalue weighted by Crippen LogP contribution is 2.25. The molecule has 2 aromatic rings. The molecule has 1 atom stereocenters. The topological polar surface area (TPSA) is 71.1 Å². The van der Waals surface area contributed by atoms with E-state index in [-0.39, 0.29) is 23.1 Å². The third kappa shape index (κ3) is 5.73. The number of anilines is 1. The van der Waals surface area contributed by atoms with Gasteiger partial charge in [-0.15, -0.1) is 0 Å². The lowest BCUT2D eigenvalue weighted by Gasteiger charge is -2.37. The fourth-order valence-electron chi connectivity index (χ4n) is 3.58. The van der Waals surface area contributed by atoms with E-state index < -0.39 is 12.7 Å². The van der Waals surface area contributed by atoms with Crippen molar-refractivity contribution < 1.29 is 27.8 Å². The quantitative estimate of drug-likeness (QED) is 0.671. The van der Waals surface area contributed by atoms with E-state index in [0.29, 0.717) is 44.2 Å². The monoisotopic (exact) mass is 447 g/mol. The van der Waals surface area contributed by atoms with E-state index in [1.807, 2.05) is 30.9 Å². The first-order valence-electron chi connectivity index (χ1n) is 10.5. The lowest BCUT2D eigenvalue weighted by molar-refractivity contribution is -0.121. The Morgan fingerprint density at radius 3 is 2.28 bits per heavy atom. The molecule has 1 aliphatic rings. The maximum Gasteiger partial charge on any atom is 0.387 e. The van der Waals surface area contributed by atoms with Crippen LogP contribution in [0.3, 0.4) is 0 Å². The van der Waals surface area contributed by atoms with Gasteiger partial charge in [0, 0.05) is 26.2 Å². The average molecular weight is 447 g/mol. The molecule has 0 radical (unpaired) electrons. The number of alkyl halides is 2. The second kappa shape index (κ2) is 10.9. The second-order valence-electron chi connectivity index (χ2n) is 7.30. The standard InChI is InChI=1S/C23H27F2N3O4/c1-3-31-20-11-7-5-9-18(20)26-21(29)16(2)27-12-14-28(15-13-27)22(30)17-8-4-6-10-19(17)32-23(24)25/h4-11,16,23H,3,12-15H2,1-2H3,(H,26,29). The first-order chi connectivity index (χ1) is 15.4. The maximum absolute atomic E-state index is 12.8. The molecule has 32 heavy (non-hydrogen) atoms. The molecule has 1 N–H and O–H groups in total. The van der Waals surface area contributed by atoms with E-state index in [1.54, 1.807) is 23.1 Å². The Morgan fingerprint density at radius 1 is 1.00 bits per heavy atom. The van der Waals surface area contributed by atoms with Crippen LogP contribution in [0.1, 0.15) is 24.2 Å². The molecule has 0 aromatic heterocycles.